The molecular formula is C8H11ClO2. The molecular weight excluding hydrogens is 164 g/mol. The zero-order chi connectivity index (χ0) is 8.53. The molecule has 3 heteroatoms. The molecule has 0 saturated carbocycles. The average Bonchev–Trinajstić information content (AvgIpc) is 2.01. The number of halogens is 1. The molecule has 2 nitrogen and oxygen atoms in total. The molecule has 0 rings (SSSR count). The molecule has 0 heterocycles. The highest BCUT2D eigenvalue weighted by molar-refractivity contribution is 6.17. The lowest BCUT2D eigenvalue weighted by Gasteiger charge is -1.93. The van der Waals surface area contributed by atoms with Gasteiger partial charge >= 0.3 is 5.97 Å². The molecule has 0 aliphatic heterocycles. The number of hydrogen-bond donors (Lipinski definition) is 0. The van der Waals surface area contributed by atoms with Crippen molar-refractivity contribution in [1.29, 1.82) is 0 Å². The van der Waals surface area contributed by atoms with Crippen molar-refractivity contribution in [2.75, 3.05) is 12.5 Å². The normalized spacial score (nSPS) is 9.91. The van der Waals surface area contributed by atoms with E-state index in [0.717, 1.165) is 0 Å². The Balaban J connectivity index is 3.42. The van der Waals surface area contributed by atoms with Crippen LogP contribution >= 0.6 is 11.6 Å². The summed E-state index contributed by atoms with van der Waals surface area (Å²) >= 11 is 5.37. The highest BCUT2D eigenvalue weighted by atomic mass is 35.5. The summed E-state index contributed by atoms with van der Waals surface area (Å²) in [6.07, 6.45) is 5.25. The maximum Gasteiger partial charge on any atom is 0.330 e. The van der Waals surface area contributed by atoms with Gasteiger partial charge in [-0.15, -0.1) is 11.6 Å². The molecule has 0 aliphatic rings. The fourth-order valence-electron chi connectivity index (χ4n) is 0.432. The van der Waals surface area contributed by atoms with E-state index in [2.05, 4.69) is 11.3 Å². The van der Waals surface area contributed by atoms with Crippen LogP contribution in [0.5, 0.6) is 0 Å². The minimum atomic E-state index is -0.352. The second-order valence-corrected chi connectivity index (χ2v) is 2.18. The van der Waals surface area contributed by atoms with Gasteiger partial charge in [-0.2, -0.15) is 0 Å². The van der Waals surface area contributed by atoms with Gasteiger partial charge in [-0.25, -0.2) is 4.79 Å². The molecule has 0 radical (unpaired) electrons. The number of hydrogen-bond acceptors (Lipinski definition) is 2. The SMILES string of the molecule is C=CCOC(=O)/C=C/CCCl. The van der Waals surface area contributed by atoms with Gasteiger partial charge in [0.15, 0.2) is 0 Å². The van der Waals surface area contributed by atoms with E-state index < -0.39 is 0 Å². The van der Waals surface area contributed by atoms with Gasteiger partial charge in [-0.1, -0.05) is 18.7 Å². The largest absolute Gasteiger partial charge is 0.458 e. The summed E-state index contributed by atoms with van der Waals surface area (Å²) in [5.41, 5.74) is 0. The molecule has 0 N–H and O–H groups in total. The summed E-state index contributed by atoms with van der Waals surface area (Å²) in [4.78, 5) is 10.7. The van der Waals surface area contributed by atoms with Crippen LogP contribution in [0.2, 0.25) is 0 Å². The third-order valence-corrected chi connectivity index (χ3v) is 1.09. The average molecular weight is 175 g/mol. The number of esters is 1. The minimum Gasteiger partial charge on any atom is -0.458 e. The van der Waals surface area contributed by atoms with E-state index in [0.29, 0.717) is 12.3 Å². The van der Waals surface area contributed by atoms with Gasteiger partial charge in [0.25, 0.3) is 0 Å². The lowest BCUT2D eigenvalue weighted by atomic mass is 10.4. The van der Waals surface area contributed by atoms with E-state index in [-0.39, 0.29) is 12.6 Å². The molecule has 0 saturated heterocycles. The van der Waals surface area contributed by atoms with E-state index in [1.807, 2.05) is 0 Å². The van der Waals surface area contributed by atoms with E-state index in [1.165, 1.54) is 12.2 Å². The third kappa shape index (κ3) is 7.13. The summed E-state index contributed by atoms with van der Waals surface area (Å²) in [5.74, 6) is 0.167. The smallest absolute Gasteiger partial charge is 0.330 e. The van der Waals surface area contributed by atoms with E-state index in [4.69, 9.17) is 11.6 Å². The monoisotopic (exact) mass is 174 g/mol. The lowest BCUT2D eigenvalue weighted by molar-refractivity contribution is -0.136. The standard InChI is InChI=1S/C8H11ClO2/c1-2-7-11-8(10)5-3-4-6-9/h2-3,5H,1,4,6-7H2/b5-3+. The molecule has 0 aliphatic carbocycles. The molecule has 0 aromatic carbocycles. The number of carbonyl (C=O) groups is 1. The van der Waals surface area contributed by atoms with Crippen LogP contribution in [0, 0.1) is 0 Å². The Morgan fingerprint density at radius 1 is 1.64 bits per heavy atom. The predicted octanol–water partition coefficient (Wildman–Crippen LogP) is 1.90. The van der Waals surface area contributed by atoms with Crippen molar-refractivity contribution in [2.24, 2.45) is 0 Å². The predicted molar refractivity (Wildman–Crippen MR) is 45.6 cm³/mol. The van der Waals surface area contributed by atoms with Gasteiger partial charge in [-0.3, -0.25) is 0 Å². The second-order valence-electron chi connectivity index (χ2n) is 1.80. The van der Waals surface area contributed by atoms with Crippen LogP contribution in [0.1, 0.15) is 6.42 Å². The first-order chi connectivity index (χ1) is 5.31. The first kappa shape index (κ1) is 10.2. The molecule has 0 atom stereocenters. The Bertz CT molecular complexity index is 152. The first-order valence-electron chi connectivity index (χ1n) is 3.31. The molecule has 0 spiro atoms. The number of alkyl halides is 1. The zero-order valence-corrected chi connectivity index (χ0v) is 7.01. The van der Waals surface area contributed by atoms with Crippen molar-refractivity contribution >= 4 is 17.6 Å². The second kappa shape index (κ2) is 7.35. The Kier molecular flexibility index (Phi) is 6.84. The van der Waals surface area contributed by atoms with E-state index in [9.17, 15) is 4.79 Å². The van der Waals surface area contributed by atoms with Crippen LogP contribution < -0.4 is 0 Å². The van der Waals surface area contributed by atoms with Crippen LogP contribution in [0.15, 0.2) is 24.8 Å². The van der Waals surface area contributed by atoms with Crippen LogP contribution in [0.3, 0.4) is 0 Å². The van der Waals surface area contributed by atoms with E-state index >= 15 is 0 Å². The molecule has 0 aromatic heterocycles. The third-order valence-electron chi connectivity index (χ3n) is 0.873. The molecule has 0 amide bonds. The maximum absolute atomic E-state index is 10.7. The van der Waals surface area contributed by atoms with Crippen LogP contribution in [-0.4, -0.2) is 18.5 Å². The van der Waals surface area contributed by atoms with Gasteiger partial charge in [-0.05, 0) is 6.42 Å². The van der Waals surface area contributed by atoms with Gasteiger partial charge in [0.1, 0.15) is 6.61 Å². The fourth-order valence-corrected chi connectivity index (χ4v) is 0.558. The van der Waals surface area contributed by atoms with Crippen molar-refractivity contribution in [1.82, 2.24) is 0 Å². The highest BCUT2D eigenvalue weighted by Gasteiger charge is 1.91. The molecule has 11 heavy (non-hydrogen) atoms. The number of carbonyl (C=O) groups excluding carboxylic acids is 1. The summed E-state index contributed by atoms with van der Waals surface area (Å²) in [6.45, 7) is 3.66. The number of ether oxygens (including phenoxy) is 1. The van der Waals surface area contributed by atoms with Crippen molar-refractivity contribution in [3.8, 4) is 0 Å². The molecule has 62 valence electrons. The molecule has 0 bridgehead atoms. The zero-order valence-electron chi connectivity index (χ0n) is 6.25. The molecule has 0 unspecified atom stereocenters. The van der Waals surface area contributed by atoms with Crippen LogP contribution in [-0.2, 0) is 9.53 Å². The van der Waals surface area contributed by atoms with E-state index in [1.54, 1.807) is 6.08 Å². The maximum atomic E-state index is 10.7. The summed E-state index contributed by atoms with van der Waals surface area (Å²) in [5, 5.41) is 0. The number of allylic oxidation sites excluding steroid dienone is 1. The van der Waals surface area contributed by atoms with Crippen LogP contribution in [0.25, 0.3) is 0 Å². The molecule has 0 aromatic rings. The van der Waals surface area contributed by atoms with Crippen molar-refractivity contribution in [3.63, 3.8) is 0 Å². The van der Waals surface area contributed by atoms with Crippen LogP contribution in [0.4, 0.5) is 0 Å². The van der Waals surface area contributed by atoms with Crippen molar-refractivity contribution in [2.45, 2.75) is 6.42 Å². The summed E-state index contributed by atoms with van der Waals surface area (Å²) in [7, 11) is 0. The Hall–Kier alpha value is -0.760. The Morgan fingerprint density at radius 3 is 2.91 bits per heavy atom. The topological polar surface area (TPSA) is 26.3 Å². The summed E-state index contributed by atoms with van der Waals surface area (Å²) in [6, 6.07) is 0. The fraction of sp³-hybridized carbons (Fsp3) is 0.375. The summed E-state index contributed by atoms with van der Waals surface area (Å²) < 4.78 is 4.65. The number of rotatable bonds is 5. The Labute approximate surface area is 71.5 Å². The van der Waals surface area contributed by atoms with Gasteiger partial charge in [0, 0.05) is 12.0 Å². The van der Waals surface area contributed by atoms with Crippen molar-refractivity contribution in [3.05, 3.63) is 24.8 Å². The van der Waals surface area contributed by atoms with Gasteiger partial charge < -0.3 is 4.74 Å². The molecule has 0 fully saturated rings. The van der Waals surface area contributed by atoms with Gasteiger partial charge in [0.2, 0.25) is 0 Å². The first-order valence-corrected chi connectivity index (χ1v) is 3.85. The lowest BCUT2D eigenvalue weighted by Crippen LogP contribution is -1.99. The van der Waals surface area contributed by atoms with Crippen molar-refractivity contribution < 1.29 is 9.53 Å². The Morgan fingerprint density at radius 2 is 2.36 bits per heavy atom. The minimum absolute atomic E-state index is 0.254. The van der Waals surface area contributed by atoms with Gasteiger partial charge in [0.05, 0.1) is 0 Å². The quantitative estimate of drug-likeness (QED) is 0.276. The highest BCUT2D eigenvalue weighted by Crippen LogP contribution is 1.88.